The quantitative estimate of drug-likeness (QED) is 0.361. The van der Waals surface area contributed by atoms with E-state index in [-0.39, 0.29) is 11.5 Å². The van der Waals surface area contributed by atoms with Crippen molar-refractivity contribution in [2.24, 2.45) is 5.41 Å². The van der Waals surface area contributed by atoms with E-state index in [4.69, 9.17) is 14.7 Å². The monoisotopic (exact) mass is 538 g/mol. The minimum Gasteiger partial charge on any atom is -0.381 e. The average molecular weight is 539 g/mol. The molecule has 5 rings (SSSR count). The number of piperidine rings is 1. The molecular weight excluding hydrogens is 501 g/mol. The van der Waals surface area contributed by atoms with Crippen molar-refractivity contribution in [3.63, 3.8) is 0 Å². The molecule has 1 fully saturated rings. The van der Waals surface area contributed by atoms with E-state index in [1.54, 1.807) is 13.2 Å². The molecule has 0 bridgehead atoms. The lowest BCUT2D eigenvalue weighted by atomic mass is 9.81. The van der Waals surface area contributed by atoms with Gasteiger partial charge in [-0.1, -0.05) is 38.1 Å². The molecule has 39 heavy (non-hydrogen) atoms. The van der Waals surface area contributed by atoms with E-state index in [2.05, 4.69) is 44.7 Å². The summed E-state index contributed by atoms with van der Waals surface area (Å²) in [6.45, 7) is 13.1. The van der Waals surface area contributed by atoms with Gasteiger partial charge in [0.2, 0.25) is 0 Å². The number of ether oxygens (including phenoxy) is 1. The maximum Gasteiger partial charge on any atom is 0.416 e. The number of halogens is 3. The fourth-order valence-corrected chi connectivity index (χ4v) is 6.22. The van der Waals surface area contributed by atoms with E-state index in [9.17, 15) is 13.2 Å². The molecule has 3 aromatic rings. The molecule has 0 radical (unpaired) electrons. The topological polar surface area (TPSA) is 41.5 Å². The summed E-state index contributed by atoms with van der Waals surface area (Å²) < 4.78 is 46.5. The van der Waals surface area contributed by atoms with Crippen molar-refractivity contribution in [1.29, 1.82) is 0 Å². The molecule has 8 heteroatoms. The van der Waals surface area contributed by atoms with E-state index in [0.717, 1.165) is 70.7 Å². The van der Waals surface area contributed by atoms with Crippen LogP contribution in [0.15, 0.2) is 36.4 Å². The first kappa shape index (κ1) is 27.4. The van der Waals surface area contributed by atoms with Crippen LogP contribution in [0, 0.1) is 26.2 Å². The van der Waals surface area contributed by atoms with Crippen LogP contribution >= 0.6 is 0 Å². The molecule has 0 saturated carbocycles. The Morgan fingerprint density at radius 1 is 0.949 bits per heavy atom. The summed E-state index contributed by atoms with van der Waals surface area (Å²) in [5.41, 5.74) is 5.98. The number of anilines is 2. The smallest absolute Gasteiger partial charge is 0.381 e. The first-order valence-electron chi connectivity index (χ1n) is 13.6. The SMILES string of the molecule is CO[C@H]1CCN(c2nc(-c3c(C)cccc3C)nc3c2CN(c2cc(C(F)(F)F)ccc2C)CC3)CC1(C)C. The fraction of sp³-hybridized carbons (Fsp3) is 0.484. The Balaban J connectivity index is 1.61. The molecule has 1 atom stereocenters. The zero-order valence-corrected chi connectivity index (χ0v) is 23.6. The van der Waals surface area contributed by atoms with Crippen molar-refractivity contribution in [1.82, 2.24) is 9.97 Å². The highest BCUT2D eigenvalue weighted by atomic mass is 19.4. The van der Waals surface area contributed by atoms with Gasteiger partial charge in [0.25, 0.3) is 0 Å². The Labute approximate surface area is 229 Å². The number of aromatic nitrogens is 2. The van der Waals surface area contributed by atoms with Crippen LogP contribution in [0.5, 0.6) is 0 Å². The Morgan fingerprint density at radius 2 is 1.67 bits per heavy atom. The summed E-state index contributed by atoms with van der Waals surface area (Å²) in [7, 11) is 1.77. The van der Waals surface area contributed by atoms with Gasteiger partial charge in [-0.2, -0.15) is 13.2 Å². The summed E-state index contributed by atoms with van der Waals surface area (Å²) in [4.78, 5) is 14.6. The van der Waals surface area contributed by atoms with Crippen molar-refractivity contribution in [3.8, 4) is 11.4 Å². The van der Waals surface area contributed by atoms with E-state index >= 15 is 0 Å². The molecule has 3 heterocycles. The van der Waals surface area contributed by atoms with Gasteiger partial charge in [-0.15, -0.1) is 0 Å². The number of methoxy groups -OCH3 is 1. The van der Waals surface area contributed by atoms with Gasteiger partial charge < -0.3 is 14.5 Å². The molecule has 2 aliphatic heterocycles. The van der Waals surface area contributed by atoms with Crippen LogP contribution in [0.25, 0.3) is 11.4 Å². The van der Waals surface area contributed by atoms with Crippen molar-refractivity contribution < 1.29 is 17.9 Å². The fourth-order valence-electron chi connectivity index (χ4n) is 6.22. The van der Waals surface area contributed by atoms with Crippen molar-refractivity contribution in [2.75, 3.05) is 36.5 Å². The summed E-state index contributed by atoms with van der Waals surface area (Å²) in [5, 5.41) is 0. The first-order chi connectivity index (χ1) is 18.4. The predicted molar refractivity (Wildman–Crippen MR) is 149 cm³/mol. The number of hydrogen-bond acceptors (Lipinski definition) is 5. The Hall–Kier alpha value is -3.13. The molecule has 0 unspecified atom stereocenters. The third kappa shape index (κ3) is 5.23. The Morgan fingerprint density at radius 3 is 2.31 bits per heavy atom. The number of fused-ring (bicyclic) bond motifs is 1. The number of rotatable bonds is 4. The summed E-state index contributed by atoms with van der Waals surface area (Å²) in [5.74, 6) is 1.60. The lowest BCUT2D eigenvalue weighted by Gasteiger charge is -2.45. The molecule has 2 aliphatic rings. The van der Waals surface area contributed by atoms with Crippen LogP contribution in [-0.2, 0) is 23.9 Å². The van der Waals surface area contributed by atoms with Crippen LogP contribution < -0.4 is 9.80 Å². The standard InChI is InChI=1S/C31H37F3N4O/c1-19-10-11-22(31(32,33)34)16-25(19)37-14-12-24-23(17-37)29(38-15-13-26(39-6)30(4,5)18-38)36-28(35-24)27-20(2)8-7-9-21(27)3/h7-11,16,26H,12-15,17-18H2,1-6H3/t26-/m0/s1. The highest BCUT2D eigenvalue weighted by molar-refractivity contribution is 5.68. The second kappa shape index (κ2) is 10.1. The lowest BCUT2D eigenvalue weighted by molar-refractivity contribution is -0.137. The van der Waals surface area contributed by atoms with E-state index < -0.39 is 11.7 Å². The van der Waals surface area contributed by atoms with Crippen LogP contribution in [0.2, 0.25) is 0 Å². The molecule has 1 saturated heterocycles. The number of benzene rings is 2. The van der Waals surface area contributed by atoms with E-state index in [0.29, 0.717) is 25.2 Å². The largest absolute Gasteiger partial charge is 0.416 e. The molecule has 2 aromatic carbocycles. The van der Waals surface area contributed by atoms with Gasteiger partial charge in [0.15, 0.2) is 5.82 Å². The van der Waals surface area contributed by atoms with Gasteiger partial charge in [-0.05, 0) is 56.0 Å². The van der Waals surface area contributed by atoms with Crippen molar-refractivity contribution >= 4 is 11.5 Å². The molecule has 0 aliphatic carbocycles. The predicted octanol–water partition coefficient (Wildman–Crippen LogP) is 6.90. The number of alkyl halides is 3. The molecule has 0 N–H and O–H groups in total. The van der Waals surface area contributed by atoms with Crippen LogP contribution in [0.1, 0.15) is 53.8 Å². The third-order valence-electron chi connectivity index (χ3n) is 8.34. The van der Waals surface area contributed by atoms with E-state index in [1.807, 2.05) is 17.9 Å². The molecular formula is C31H37F3N4O. The highest BCUT2D eigenvalue weighted by Gasteiger charge is 2.38. The van der Waals surface area contributed by atoms with Crippen LogP contribution in [-0.4, -0.2) is 42.8 Å². The number of aryl methyl sites for hydroxylation is 3. The van der Waals surface area contributed by atoms with Gasteiger partial charge in [0.05, 0.1) is 17.4 Å². The summed E-state index contributed by atoms with van der Waals surface area (Å²) >= 11 is 0. The molecule has 208 valence electrons. The minimum atomic E-state index is -4.39. The second-order valence-corrected chi connectivity index (χ2v) is 11.7. The molecule has 5 nitrogen and oxygen atoms in total. The normalized spacial score (nSPS) is 19.3. The second-order valence-electron chi connectivity index (χ2n) is 11.7. The zero-order valence-electron chi connectivity index (χ0n) is 23.6. The number of nitrogens with zero attached hydrogens (tertiary/aromatic N) is 4. The molecule has 0 amide bonds. The molecule has 0 spiro atoms. The Kier molecular flexibility index (Phi) is 7.12. The molecule has 1 aromatic heterocycles. The maximum atomic E-state index is 13.6. The van der Waals surface area contributed by atoms with Crippen LogP contribution in [0.4, 0.5) is 24.7 Å². The van der Waals surface area contributed by atoms with Crippen molar-refractivity contribution in [3.05, 3.63) is 69.9 Å². The van der Waals surface area contributed by atoms with Crippen LogP contribution in [0.3, 0.4) is 0 Å². The Bertz CT molecular complexity index is 1360. The number of hydrogen-bond donors (Lipinski definition) is 0. The van der Waals surface area contributed by atoms with Gasteiger partial charge in [-0.25, -0.2) is 9.97 Å². The average Bonchev–Trinajstić information content (AvgIpc) is 2.87. The summed E-state index contributed by atoms with van der Waals surface area (Å²) in [6, 6.07) is 10.2. The third-order valence-corrected chi connectivity index (χ3v) is 8.34. The van der Waals surface area contributed by atoms with Gasteiger partial charge in [0, 0.05) is 61.9 Å². The maximum absolute atomic E-state index is 13.6. The van der Waals surface area contributed by atoms with Crippen molar-refractivity contribution in [2.45, 2.75) is 66.3 Å². The van der Waals surface area contributed by atoms with Gasteiger partial charge in [-0.3, -0.25) is 0 Å². The first-order valence-corrected chi connectivity index (χ1v) is 13.6. The summed E-state index contributed by atoms with van der Waals surface area (Å²) in [6.07, 6.45) is -2.73. The van der Waals surface area contributed by atoms with Gasteiger partial charge >= 0.3 is 6.18 Å². The van der Waals surface area contributed by atoms with Gasteiger partial charge in [0.1, 0.15) is 5.82 Å². The van der Waals surface area contributed by atoms with E-state index in [1.165, 1.54) is 6.07 Å². The minimum absolute atomic E-state index is 0.0877. The highest BCUT2D eigenvalue weighted by Crippen LogP contribution is 2.40. The zero-order chi connectivity index (χ0) is 28.1. The lowest BCUT2D eigenvalue weighted by Crippen LogP contribution is -2.50.